The lowest BCUT2D eigenvalue weighted by Gasteiger charge is -2.37. The largest absolute Gasteiger partial charge is 0.370 e. The quantitative estimate of drug-likeness (QED) is 0.552. The average molecular weight is 311 g/mol. The molecule has 2 aromatic heterocycles. The van der Waals surface area contributed by atoms with Crippen LogP contribution in [-0.4, -0.2) is 9.38 Å². The molecule has 3 nitrogen and oxygen atoms in total. The molecule has 1 aliphatic rings. The number of pyridine rings is 1. The predicted molar refractivity (Wildman–Crippen MR) is 97.1 cm³/mol. The van der Waals surface area contributed by atoms with Gasteiger partial charge in [0.1, 0.15) is 11.2 Å². The van der Waals surface area contributed by atoms with Crippen molar-refractivity contribution < 1.29 is 0 Å². The van der Waals surface area contributed by atoms with E-state index in [9.17, 15) is 0 Å². The Bertz CT molecular complexity index is 1050. The standard InChI is InChI=1S/C21H17N3/c1-21(15-9-3-2-4-10-15)20-19(16-11-5-6-12-17(16)23-21)22-18-13-7-8-14-24(18)20/h2-14,23H,1H3. The number of hydrogen-bond acceptors (Lipinski definition) is 2. The van der Waals surface area contributed by atoms with E-state index in [1.807, 2.05) is 6.07 Å². The highest BCUT2D eigenvalue weighted by Gasteiger charge is 2.39. The summed E-state index contributed by atoms with van der Waals surface area (Å²) in [5.74, 6) is 0. The predicted octanol–water partition coefficient (Wildman–Crippen LogP) is 4.69. The fourth-order valence-electron chi connectivity index (χ4n) is 3.77. The van der Waals surface area contributed by atoms with Gasteiger partial charge >= 0.3 is 0 Å². The van der Waals surface area contributed by atoms with Crippen LogP contribution in [-0.2, 0) is 5.54 Å². The molecule has 0 radical (unpaired) electrons. The van der Waals surface area contributed by atoms with Crippen molar-refractivity contribution in [3.05, 3.63) is 90.3 Å². The first-order valence-corrected chi connectivity index (χ1v) is 8.18. The molecule has 0 aliphatic carbocycles. The Morgan fingerprint density at radius 1 is 0.875 bits per heavy atom. The third kappa shape index (κ3) is 1.69. The van der Waals surface area contributed by atoms with Crippen LogP contribution in [0.2, 0.25) is 0 Å². The molecule has 1 N–H and O–H groups in total. The molecule has 0 bridgehead atoms. The van der Waals surface area contributed by atoms with Gasteiger partial charge < -0.3 is 9.72 Å². The topological polar surface area (TPSA) is 29.3 Å². The van der Waals surface area contributed by atoms with Crippen molar-refractivity contribution in [1.82, 2.24) is 9.38 Å². The molecule has 24 heavy (non-hydrogen) atoms. The smallest absolute Gasteiger partial charge is 0.137 e. The van der Waals surface area contributed by atoms with E-state index in [4.69, 9.17) is 4.98 Å². The molecule has 0 saturated heterocycles. The van der Waals surface area contributed by atoms with Crippen molar-refractivity contribution in [1.29, 1.82) is 0 Å². The molecule has 3 heteroatoms. The highest BCUT2D eigenvalue weighted by Crippen LogP contribution is 2.46. The third-order valence-corrected chi connectivity index (χ3v) is 4.92. The summed E-state index contributed by atoms with van der Waals surface area (Å²) in [7, 11) is 0. The summed E-state index contributed by atoms with van der Waals surface area (Å²) in [6, 6.07) is 25.1. The molecule has 0 fully saturated rings. The molecule has 5 rings (SSSR count). The molecule has 1 aliphatic heterocycles. The van der Waals surface area contributed by atoms with Crippen LogP contribution < -0.4 is 5.32 Å². The summed E-state index contributed by atoms with van der Waals surface area (Å²) in [6.07, 6.45) is 2.10. The molecule has 1 unspecified atom stereocenters. The summed E-state index contributed by atoms with van der Waals surface area (Å²) < 4.78 is 2.20. The molecule has 0 spiro atoms. The molecule has 0 saturated carbocycles. The molecule has 1 atom stereocenters. The van der Waals surface area contributed by atoms with Crippen molar-refractivity contribution in [3.63, 3.8) is 0 Å². The van der Waals surface area contributed by atoms with Gasteiger partial charge in [-0.1, -0.05) is 54.6 Å². The van der Waals surface area contributed by atoms with Gasteiger partial charge in [-0.2, -0.15) is 0 Å². The van der Waals surface area contributed by atoms with Gasteiger partial charge in [-0.15, -0.1) is 0 Å². The molecular weight excluding hydrogens is 294 g/mol. The van der Waals surface area contributed by atoms with Gasteiger partial charge in [0, 0.05) is 17.4 Å². The maximum atomic E-state index is 4.94. The number of nitrogens with zero attached hydrogens (tertiary/aromatic N) is 2. The number of rotatable bonds is 1. The zero-order chi connectivity index (χ0) is 16.1. The van der Waals surface area contributed by atoms with Gasteiger partial charge in [-0.25, -0.2) is 4.98 Å². The summed E-state index contributed by atoms with van der Waals surface area (Å²) in [4.78, 5) is 4.94. The van der Waals surface area contributed by atoms with Crippen LogP contribution in [0.1, 0.15) is 18.2 Å². The van der Waals surface area contributed by atoms with E-state index in [1.54, 1.807) is 0 Å². The Kier molecular flexibility index (Phi) is 2.63. The monoisotopic (exact) mass is 311 g/mol. The van der Waals surface area contributed by atoms with Crippen LogP contribution >= 0.6 is 0 Å². The number of imidazole rings is 1. The summed E-state index contributed by atoms with van der Waals surface area (Å²) in [5, 5.41) is 3.76. The minimum Gasteiger partial charge on any atom is -0.370 e. The van der Waals surface area contributed by atoms with Crippen LogP contribution in [0.3, 0.4) is 0 Å². The van der Waals surface area contributed by atoms with Crippen LogP contribution in [0, 0.1) is 0 Å². The van der Waals surface area contributed by atoms with Gasteiger partial charge in [0.15, 0.2) is 0 Å². The van der Waals surface area contributed by atoms with E-state index in [2.05, 4.69) is 89.6 Å². The first-order chi connectivity index (χ1) is 11.8. The number of nitrogens with one attached hydrogen (secondary N) is 1. The average Bonchev–Trinajstić information content (AvgIpc) is 3.03. The van der Waals surface area contributed by atoms with E-state index in [0.29, 0.717) is 0 Å². The number of para-hydroxylation sites is 1. The molecule has 0 amide bonds. The fraction of sp³-hybridized carbons (Fsp3) is 0.0952. The van der Waals surface area contributed by atoms with Crippen molar-refractivity contribution >= 4 is 11.3 Å². The van der Waals surface area contributed by atoms with Gasteiger partial charge in [-0.3, -0.25) is 0 Å². The summed E-state index contributed by atoms with van der Waals surface area (Å²) in [5.41, 5.74) is 6.38. The second kappa shape index (κ2) is 4.71. The molecule has 2 aromatic carbocycles. The SMILES string of the molecule is CC1(c2ccccc2)Nc2ccccc2-c2nc3ccccn3c21. The van der Waals surface area contributed by atoms with E-state index in [0.717, 1.165) is 22.6 Å². The van der Waals surface area contributed by atoms with E-state index < -0.39 is 0 Å². The third-order valence-electron chi connectivity index (χ3n) is 4.92. The Balaban J connectivity index is 1.91. The second-order valence-electron chi connectivity index (χ2n) is 6.40. The zero-order valence-corrected chi connectivity index (χ0v) is 13.4. The molecular formula is C21H17N3. The molecule has 116 valence electrons. The Hall–Kier alpha value is -3.07. The van der Waals surface area contributed by atoms with Crippen molar-refractivity contribution in [3.8, 4) is 11.3 Å². The van der Waals surface area contributed by atoms with Crippen molar-refractivity contribution in [2.24, 2.45) is 0 Å². The van der Waals surface area contributed by atoms with Crippen LogP contribution in [0.4, 0.5) is 5.69 Å². The van der Waals surface area contributed by atoms with E-state index in [1.165, 1.54) is 11.3 Å². The zero-order valence-electron chi connectivity index (χ0n) is 13.4. The number of aromatic nitrogens is 2. The number of anilines is 1. The Morgan fingerprint density at radius 3 is 2.50 bits per heavy atom. The minimum atomic E-state index is -0.342. The first kappa shape index (κ1) is 13.4. The van der Waals surface area contributed by atoms with Gasteiger partial charge in [0.05, 0.1) is 11.4 Å². The van der Waals surface area contributed by atoms with Crippen LogP contribution in [0.15, 0.2) is 79.0 Å². The summed E-state index contributed by atoms with van der Waals surface area (Å²) in [6.45, 7) is 2.23. The van der Waals surface area contributed by atoms with E-state index in [-0.39, 0.29) is 5.54 Å². The van der Waals surface area contributed by atoms with Gasteiger partial charge in [0.25, 0.3) is 0 Å². The highest BCUT2D eigenvalue weighted by molar-refractivity contribution is 5.84. The maximum Gasteiger partial charge on any atom is 0.137 e. The minimum absolute atomic E-state index is 0.342. The second-order valence-corrected chi connectivity index (χ2v) is 6.40. The van der Waals surface area contributed by atoms with Gasteiger partial charge in [-0.05, 0) is 30.7 Å². The normalized spacial score (nSPS) is 18.7. The summed E-state index contributed by atoms with van der Waals surface area (Å²) >= 11 is 0. The molecule has 4 aromatic rings. The molecule has 3 heterocycles. The van der Waals surface area contributed by atoms with Crippen molar-refractivity contribution in [2.75, 3.05) is 5.32 Å². The van der Waals surface area contributed by atoms with Crippen LogP contribution in [0.25, 0.3) is 16.9 Å². The Morgan fingerprint density at radius 2 is 1.62 bits per heavy atom. The lowest BCUT2D eigenvalue weighted by Crippen LogP contribution is -2.37. The Labute approximate surface area is 140 Å². The fourth-order valence-corrected chi connectivity index (χ4v) is 3.77. The maximum absolute atomic E-state index is 4.94. The number of hydrogen-bond donors (Lipinski definition) is 1. The van der Waals surface area contributed by atoms with Crippen LogP contribution in [0.5, 0.6) is 0 Å². The van der Waals surface area contributed by atoms with E-state index >= 15 is 0 Å². The van der Waals surface area contributed by atoms with Crippen molar-refractivity contribution in [2.45, 2.75) is 12.5 Å². The lowest BCUT2D eigenvalue weighted by molar-refractivity contribution is 0.625. The lowest BCUT2D eigenvalue weighted by atomic mass is 9.82. The van der Waals surface area contributed by atoms with Gasteiger partial charge in [0.2, 0.25) is 0 Å². The number of benzene rings is 2. The highest BCUT2D eigenvalue weighted by atomic mass is 15.1. The first-order valence-electron chi connectivity index (χ1n) is 8.18. The number of fused-ring (bicyclic) bond motifs is 5.